The van der Waals surface area contributed by atoms with E-state index >= 15 is 4.39 Å². The number of halogens is 1. The maximum Gasteiger partial charge on any atom is 0.459 e. The number of hydrogen-bond donors (Lipinski definition) is 3. The number of nitrogen functional groups attached to an aromatic ring is 1. The van der Waals surface area contributed by atoms with Crippen LogP contribution < -0.4 is 21.0 Å². The highest BCUT2D eigenvalue weighted by Gasteiger charge is 2.56. The zero-order chi connectivity index (χ0) is 30.8. The van der Waals surface area contributed by atoms with E-state index in [2.05, 4.69) is 10.1 Å². The topological polar surface area (TPSA) is 164 Å². The first kappa shape index (κ1) is 31.1. The lowest BCUT2D eigenvalue weighted by molar-refractivity contribution is -0.152. The average Bonchev–Trinajstić information content (AvgIpc) is 3.20. The smallest absolute Gasteiger partial charge is 0.459 e. The fraction of sp³-hybridized carbons (Fsp3) is 0.483. The van der Waals surface area contributed by atoms with Crippen LogP contribution in [0.25, 0.3) is 10.8 Å². The quantitative estimate of drug-likeness (QED) is 0.222. The van der Waals surface area contributed by atoms with Gasteiger partial charge in [-0.2, -0.15) is 10.1 Å². The van der Waals surface area contributed by atoms with Crippen LogP contribution in [0.15, 0.2) is 59.5 Å². The molecule has 2 aliphatic rings. The van der Waals surface area contributed by atoms with Crippen molar-refractivity contribution < 1.29 is 37.4 Å². The van der Waals surface area contributed by atoms with Gasteiger partial charge in [0.05, 0.1) is 6.61 Å². The summed E-state index contributed by atoms with van der Waals surface area (Å²) < 4.78 is 53.8. The molecule has 2 fully saturated rings. The van der Waals surface area contributed by atoms with Crippen LogP contribution >= 0.6 is 7.75 Å². The van der Waals surface area contributed by atoms with Crippen LogP contribution in [0.5, 0.6) is 5.75 Å². The zero-order valence-electron chi connectivity index (χ0n) is 23.9. The van der Waals surface area contributed by atoms with E-state index in [1.807, 2.05) is 18.2 Å². The van der Waals surface area contributed by atoms with Crippen LogP contribution in [-0.2, 0) is 23.4 Å². The minimum atomic E-state index is -4.40. The predicted octanol–water partition coefficient (Wildman–Crippen LogP) is 4.02. The Labute approximate surface area is 247 Å². The standard InChI is InChI=1S/C29H36FN4O8P/c1-18(26(36)40-20-11-4-3-5-12-20)33-43(38,42-22-14-8-10-19-9-6-7-13-21(19)22)39-17-23-25(35)29(2,30)27(41-23)34-16-15-24(31)32-28(34)37/h6-10,13-16,18,20,23,25,27,35H,3-5,11-12,17H2,1-2H3,(H,33,38)(H2,31,32,37)/t18-,23+,25?,27+,29?,43?/m0/s1. The molecule has 0 radical (unpaired) electrons. The van der Waals surface area contributed by atoms with Crippen molar-refractivity contribution in [2.24, 2.45) is 0 Å². The van der Waals surface area contributed by atoms with Crippen molar-refractivity contribution in [2.75, 3.05) is 12.3 Å². The summed E-state index contributed by atoms with van der Waals surface area (Å²) in [6, 6.07) is 12.6. The van der Waals surface area contributed by atoms with Crippen molar-refractivity contribution in [1.82, 2.24) is 14.6 Å². The summed E-state index contributed by atoms with van der Waals surface area (Å²) in [5.41, 5.74) is 2.21. The minimum absolute atomic E-state index is 0.0611. The van der Waals surface area contributed by atoms with Crippen LogP contribution in [-0.4, -0.2) is 57.3 Å². The highest BCUT2D eigenvalue weighted by atomic mass is 31.2. The van der Waals surface area contributed by atoms with Crippen LogP contribution in [0, 0.1) is 0 Å². The van der Waals surface area contributed by atoms with E-state index in [0.717, 1.165) is 49.0 Å². The molecule has 232 valence electrons. The average molecular weight is 619 g/mol. The number of nitrogens with one attached hydrogen (secondary N) is 1. The number of alkyl halides is 1. The lowest BCUT2D eigenvalue weighted by atomic mass is 9.98. The molecule has 5 rings (SSSR count). The van der Waals surface area contributed by atoms with Crippen molar-refractivity contribution in [1.29, 1.82) is 0 Å². The van der Waals surface area contributed by atoms with E-state index in [0.29, 0.717) is 5.39 Å². The molecule has 1 aromatic heterocycles. The molecule has 1 saturated heterocycles. The van der Waals surface area contributed by atoms with Crippen LogP contribution in [0.3, 0.4) is 0 Å². The van der Waals surface area contributed by atoms with Gasteiger partial charge in [0.15, 0.2) is 11.9 Å². The Kier molecular flexibility index (Phi) is 9.19. The Balaban J connectivity index is 1.37. The first-order chi connectivity index (χ1) is 20.5. The molecule has 3 aromatic rings. The van der Waals surface area contributed by atoms with Crippen LogP contribution in [0.4, 0.5) is 10.2 Å². The molecule has 1 saturated carbocycles. The number of esters is 1. The van der Waals surface area contributed by atoms with E-state index in [4.69, 9.17) is 24.3 Å². The van der Waals surface area contributed by atoms with E-state index in [9.17, 15) is 19.3 Å². The fourth-order valence-electron chi connectivity index (χ4n) is 5.36. The first-order valence-electron chi connectivity index (χ1n) is 14.2. The molecular weight excluding hydrogens is 582 g/mol. The highest BCUT2D eigenvalue weighted by molar-refractivity contribution is 7.52. The first-order valence-corrected chi connectivity index (χ1v) is 15.8. The lowest BCUT2D eigenvalue weighted by Gasteiger charge is -2.27. The highest BCUT2D eigenvalue weighted by Crippen LogP contribution is 2.49. The molecule has 1 aliphatic carbocycles. The Morgan fingerprint density at radius 2 is 1.95 bits per heavy atom. The minimum Gasteiger partial charge on any atom is -0.461 e. The summed E-state index contributed by atoms with van der Waals surface area (Å²) >= 11 is 0. The van der Waals surface area contributed by atoms with Gasteiger partial charge >= 0.3 is 19.4 Å². The Morgan fingerprint density at radius 1 is 1.23 bits per heavy atom. The summed E-state index contributed by atoms with van der Waals surface area (Å²) in [7, 11) is -4.40. The van der Waals surface area contributed by atoms with Gasteiger partial charge in [-0.05, 0) is 57.0 Å². The molecular formula is C29H36FN4O8P. The van der Waals surface area contributed by atoms with E-state index < -0.39 is 56.2 Å². The van der Waals surface area contributed by atoms with Gasteiger partial charge in [-0.3, -0.25) is 13.9 Å². The number of nitrogens with zero attached hydrogens (tertiary/aromatic N) is 2. The molecule has 0 bridgehead atoms. The van der Waals surface area contributed by atoms with Gasteiger partial charge in [-0.1, -0.05) is 42.8 Å². The maximum atomic E-state index is 15.7. The van der Waals surface area contributed by atoms with Gasteiger partial charge in [-0.25, -0.2) is 13.8 Å². The zero-order valence-corrected chi connectivity index (χ0v) is 24.8. The third-order valence-corrected chi connectivity index (χ3v) is 9.37. The van der Waals surface area contributed by atoms with Crippen molar-refractivity contribution in [3.05, 3.63) is 65.2 Å². The van der Waals surface area contributed by atoms with Gasteiger partial charge in [0.2, 0.25) is 0 Å². The molecule has 12 nitrogen and oxygen atoms in total. The van der Waals surface area contributed by atoms with Gasteiger partial charge < -0.3 is 24.8 Å². The number of anilines is 1. The molecule has 0 amide bonds. The second kappa shape index (κ2) is 12.7. The number of fused-ring (bicyclic) bond motifs is 1. The normalized spacial score (nSPS) is 26.6. The maximum absolute atomic E-state index is 15.7. The summed E-state index contributed by atoms with van der Waals surface area (Å²) in [5.74, 6) is -0.475. The summed E-state index contributed by atoms with van der Waals surface area (Å²) in [6.07, 6.45) is 0.758. The van der Waals surface area contributed by atoms with Gasteiger partial charge in [0, 0.05) is 11.6 Å². The number of aliphatic hydroxyl groups excluding tert-OH is 1. The van der Waals surface area contributed by atoms with E-state index in [1.54, 1.807) is 24.3 Å². The molecule has 4 N–H and O–H groups in total. The molecule has 43 heavy (non-hydrogen) atoms. The number of carbonyl (C=O) groups is 1. The van der Waals surface area contributed by atoms with E-state index in [1.165, 1.54) is 19.2 Å². The van der Waals surface area contributed by atoms with Gasteiger partial charge in [0.1, 0.15) is 35.9 Å². The molecule has 2 heterocycles. The molecule has 14 heteroatoms. The Bertz CT molecular complexity index is 1560. The lowest BCUT2D eigenvalue weighted by Crippen LogP contribution is -2.43. The summed E-state index contributed by atoms with van der Waals surface area (Å²) in [6.45, 7) is 1.93. The summed E-state index contributed by atoms with van der Waals surface area (Å²) in [4.78, 5) is 28.9. The fourth-order valence-corrected chi connectivity index (χ4v) is 6.88. The molecule has 6 atom stereocenters. The molecule has 3 unspecified atom stereocenters. The number of benzene rings is 2. The number of aliphatic hydroxyl groups is 1. The van der Waals surface area contributed by atoms with Gasteiger partial charge in [0.25, 0.3) is 0 Å². The summed E-state index contributed by atoms with van der Waals surface area (Å²) in [5, 5.41) is 14.9. The third-order valence-electron chi connectivity index (χ3n) is 7.74. The van der Waals surface area contributed by atoms with Crippen molar-refractivity contribution in [2.45, 2.75) is 82.2 Å². The van der Waals surface area contributed by atoms with Crippen molar-refractivity contribution in [3.8, 4) is 5.75 Å². The number of nitrogens with two attached hydrogens (primary N) is 1. The monoisotopic (exact) mass is 618 g/mol. The van der Waals surface area contributed by atoms with Crippen molar-refractivity contribution >= 4 is 30.3 Å². The SMILES string of the molecule is C[C@H](NP(=O)(OC[C@H]1O[C@@H](n2ccc(N)nc2=O)C(C)(F)C1O)Oc1cccc2ccccc12)C(=O)OC1CCCCC1. The second-order valence-electron chi connectivity index (χ2n) is 11.1. The molecule has 2 aromatic carbocycles. The molecule has 0 spiro atoms. The van der Waals surface area contributed by atoms with Crippen LogP contribution in [0.2, 0.25) is 0 Å². The molecule has 1 aliphatic heterocycles. The van der Waals surface area contributed by atoms with Crippen molar-refractivity contribution in [3.63, 3.8) is 0 Å². The van der Waals surface area contributed by atoms with Gasteiger partial charge in [-0.15, -0.1) is 0 Å². The predicted molar refractivity (Wildman–Crippen MR) is 156 cm³/mol. The number of ether oxygens (including phenoxy) is 2. The Morgan fingerprint density at radius 3 is 2.70 bits per heavy atom. The number of aromatic nitrogens is 2. The third kappa shape index (κ3) is 6.91. The Hall–Kier alpha value is -3.35. The van der Waals surface area contributed by atoms with Crippen LogP contribution in [0.1, 0.15) is 52.2 Å². The number of carbonyl (C=O) groups excluding carboxylic acids is 1. The second-order valence-corrected chi connectivity index (χ2v) is 12.8. The largest absolute Gasteiger partial charge is 0.461 e. The number of hydrogen-bond acceptors (Lipinski definition) is 10. The number of rotatable bonds is 10. The van der Waals surface area contributed by atoms with E-state index in [-0.39, 0.29) is 17.7 Å².